The lowest BCUT2D eigenvalue weighted by Gasteiger charge is -2.37. The quantitative estimate of drug-likeness (QED) is 0.663. The highest BCUT2D eigenvalue weighted by atomic mass is 16.2. The fourth-order valence-electron chi connectivity index (χ4n) is 4.82. The summed E-state index contributed by atoms with van der Waals surface area (Å²) in [7, 11) is 0. The number of carbonyl (C=O) groups is 3. The van der Waals surface area contributed by atoms with Crippen molar-refractivity contribution in [2.24, 2.45) is 35.5 Å². The van der Waals surface area contributed by atoms with Crippen molar-refractivity contribution in [2.45, 2.75) is 6.42 Å². The summed E-state index contributed by atoms with van der Waals surface area (Å²) >= 11 is 0. The summed E-state index contributed by atoms with van der Waals surface area (Å²) in [5, 5.41) is 0.975. The lowest BCUT2D eigenvalue weighted by atomic mass is 9.63. The number of rotatable bonds is 2. The molecule has 3 amide bonds. The minimum Gasteiger partial charge on any atom is -0.272 e. The Morgan fingerprint density at radius 2 is 1.52 bits per heavy atom. The Bertz CT molecular complexity index is 721. The van der Waals surface area contributed by atoms with Gasteiger partial charge in [0.05, 0.1) is 11.8 Å². The normalized spacial score (nSPS) is 39.2. The number of nitrogens with one attached hydrogen (secondary N) is 1. The van der Waals surface area contributed by atoms with Crippen LogP contribution in [0.25, 0.3) is 0 Å². The van der Waals surface area contributed by atoms with Gasteiger partial charge in [0.25, 0.3) is 17.7 Å². The zero-order valence-corrected chi connectivity index (χ0v) is 12.4. The molecule has 0 radical (unpaired) electrons. The molecule has 116 valence electrons. The summed E-state index contributed by atoms with van der Waals surface area (Å²) in [6, 6.07) is 8.63. The van der Waals surface area contributed by atoms with Gasteiger partial charge >= 0.3 is 0 Å². The zero-order valence-electron chi connectivity index (χ0n) is 12.4. The third-order valence-electron chi connectivity index (χ3n) is 5.91. The maximum absolute atomic E-state index is 12.7. The minimum atomic E-state index is -0.420. The van der Waals surface area contributed by atoms with E-state index in [9.17, 15) is 14.4 Å². The molecule has 1 aromatic rings. The molecule has 1 aliphatic heterocycles. The van der Waals surface area contributed by atoms with Gasteiger partial charge in [-0.05, 0) is 42.2 Å². The van der Waals surface area contributed by atoms with E-state index in [-0.39, 0.29) is 35.5 Å². The van der Waals surface area contributed by atoms with Crippen molar-refractivity contribution < 1.29 is 14.4 Å². The van der Waals surface area contributed by atoms with Crippen molar-refractivity contribution in [1.29, 1.82) is 0 Å². The highest BCUT2D eigenvalue weighted by Gasteiger charge is 2.67. The highest BCUT2D eigenvalue weighted by Crippen LogP contribution is 2.65. The topological polar surface area (TPSA) is 66.5 Å². The molecule has 23 heavy (non-hydrogen) atoms. The smallest absolute Gasteiger partial charge is 0.270 e. The number of benzene rings is 1. The Labute approximate surface area is 133 Å². The predicted octanol–water partition coefficient (Wildman–Crippen LogP) is 1.38. The number of carbonyl (C=O) groups excluding carboxylic acids is 3. The van der Waals surface area contributed by atoms with E-state index in [1.807, 2.05) is 6.07 Å². The van der Waals surface area contributed by atoms with Crippen LogP contribution in [0.15, 0.2) is 42.5 Å². The van der Waals surface area contributed by atoms with E-state index in [4.69, 9.17) is 0 Å². The van der Waals surface area contributed by atoms with Crippen LogP contribution in [0.3, 0.4) is 0 Å². The first-order valence-electron chi connectivity index (χ1n) is 8.09. The van der Waals surface area contributed by atoms with Gasteiger partial charge in [-0.25, -0.2) is 0 Å². The van der Waals surface area contributed by atoms with Gasteiger partial charge in [-0.3, -0.25) is 19.8 Å². The van der Waals surface area contributed by atoms with Crippen molar-refractivity contribution >= 4 is 17.7 Å². The lowest BCUT2D eigenvalue weighted by Crippen LogP contribution is -2.46. The summed E-state index contributed by atoms with van der Waals surface area (Å²) in [6.07, 6.45) is 5.37. The molecule has 0 unspecified atom stereocenters. The van der Waals surface area contributed by atoms with E-state index >= 15 is 0 Å². The third-order valence-corrected chi connectivity index (χ3v) is 5.91. The summed E-state index contributed by atoms with van der Waals surface area (Å²) in [6.45, 7) is 0. The van der Waals surface area contributed by atoms with Crippen LogP contribution in [0.5, 0.6) is 0 Å². The molecule has 3 fully saturated rings. The molecule has 0 spiro atoms. The number of hydrogen-bond donors (Lipinski definition) is 1. The molecule has 6 rings (SSSR count). The average Bonchev–Trinajstić information content (AvgIpc) is 3.37. The van der Waals surface area contributed by atoms with Crippen molar-refractivity contribution in [3.05, 3.63) is 48.0 Å². The number of hydrogen-bond acceptors (Lipinski definition) is 3. The molecule has 0 aromatic heterocycles. The highest BCUT2D eigenvalue weighted by molar-refractivity contribution is 6.08. The molecule has 1 saturated heterocycles. The maximum Gasteiger partial charge on any atom is 0.270 e. The van der Waals surface area contributed by atoms with E-state index in [1.165, 1.54) is 0 Å². The van der Waals surface area contributed by atoms with Crippen LogP contribution in [-0.4, -0.2) is 22.7 Å². The minimum absolute atomic E-state index is 0.171. The van der Waals surface area contributed by atoms with Crippen LogP contribution in [0.4, 0.5) is 0 Å². The number of hydrazine groups is 1. The Balaban J connectivity index is 1.42. The van der Waals surface area contributed by atoms with E-state index in [0.29, 0.717) is 17.4 Å². The number of nitrogens with zero attached hydrogens (tertiary/aromatic N) is 1. The Hall–Kier alpha value is -2.43. The predicted molar refractivity (Wildman–Crippen MR) is 80.5 cm³/mol. The van der Waals surface area contributed by atoms with Gasteiger partial charge in [0.1, 0.15) is 0 Å². The molecule has 5 aliphatic rings. The molecular formula is C18H16N2O3. The van der Waals surface area contributed by atoms with E-state index in [0.717, 1.165) is 11.4 Å². The van der Waals surface area contributed by atoms with Crippen molar-refractivity contribution in [3.63, 3.8) is 0 Å². The second-order valence-corrected chi connectivity index (χ2v) is 6.97. The monoisotopic (exact) mass is 308 g/mol. The van der Waals surface area contributed by atoms with Crippen molar-refractivity contribution in [1.82, 2.24) is 10.4 Å². The van der Waals surface area contributed by atoms with Crippen molar-refractivity contribution in [2.75, 3.05) is 0 Å². The van der Waals surface area contributed by atoms with Crippen LogP contribution < -0.4 is 5.43 Å². The molecular weight excluding hydrogens is 292 g/mol. The summed E-state index contributed by atoms with van der Waals surface area (Å²) < 4.78 is 0. The second kappa shape index (κ2) is 4.31. The molecule has 1 heterocycles. The first-order valence-corrected chi connectivity index (χ1v) is 8.09. The Morgan fingerprint density at radius 3 is 2.09 bits per heavy atom. The molecule has 1 aromatic carbocycles. The van der Waals surface area contributed by atoms with Crippen LogP contribution >= 0.6 is 0 Å². The lowest BCUT2D eigenvalue weighted by molar-refractivity contribution is -0.143. The second-order valence-electron chi connectivity index (χ2n) is 6.97. The number of imide groups is 1. The zero-order chi connectivity index (χ0) is 15.7. The van der Waals surface area contributed by atoms with Gasteiger partial charge in [0, 0.05) is 5.56 Å². The summed E-state index contributed by atoms with van der Waals surface area (Å²) in [4.78, 5) is 37.7. The van der Waals surface area contributed by atoms with Gasteiger partial charge in [-0.2, -0.15) is 5.01 Å². The molecule has 2 bridgehead atoms. The Kier molecular flexibility index (Phi) is 2.45. The maximum atomic E-state index is 12.7. The molecule has 5 nitrogen and oxygen atoms in total. The molecule has 1 N–H and O–H groups in total. The number of allylic oxidation sites excluding steroid dienone is 2. The summed E-state index contributed by atoms with van der Waals surface area (Å²) in [5.41, 5.74) is 2.95. The first kappa shape index (κ1) is 13.0. The molecule has 2 saturated carbocycles. The Morgan fingerprint density at radius 1 is 0.957 bits per heavy atom. The van der Waals surface area contributed by atoms with Gasteiger partial charge in [-0.1, -0.05) is 30.4 Å². The SMILES string of the molecule is O=C(NN1C(=O)[C@@H]2[C@H]3C=C[C@H]([C@H]4C[C@H]34)[C@@H]2C1=O)c1ccccc1. The van der Waals surface area contributed by atoms with E-state index in [1.54, 1.807) is 24.3 Å². The molecule has 4 aliphatic carbocycles. The first-order chi connectivity index (χ1) is 11.2. The van der Waals surface area contributed by atoms with Gasteiger partial charge < -0.3 is 0 Å². The average molecular weight is 308 g/mol. The van der Waals surface area contributed by atoms with Crippen LogP contribution in [0, 0.1) is 35.5 Å². The third kappa shape index (κ3) is 1.65. The van der Waals surface area contributed by atoms with Gasteiger partial charge in [0.2, 0.25) is 0 Å². The standard InChI is InChI=1S/C18H16N2O3/c21-16(9-4-2-1-3-5-9)19-20-17(22)14-10-6-7-11(13-8-12(10)13)15(14)18(20)23/h1-7,10-15H,8H2,(H,19,21)/t10-,11+,12-,13-,14+,15-/m1/s1. The largest absolute Gasteiger partial charge is 0.272 e. The molecule has 5 heteroatoms. The van der Waals surface area contributed by atoms with Gasteiger partial charge in [-0.15, -0.1) is 0 Å². The van der Waals surface area contributed by atoms with Crippen LogP contribution in [-0.2, 0) is 9.59 Å². The number of amides is 3. The summed E-state index contributed by atoms with van der Waals surface area (Å²) in [5.74, 6) is 0.00438. The fourth-order valence-corrected chi connectivity index (χ4v) is 4.82. The van der Waals surface area contributed by atoms with E-state index in [2.05, 4.69) is 17.6 Å². The van der Waals surface area contributed by atoms with Crippen molar-refractivity contribution in [3.8, 4) is 0 Å². The van der Waals surface area contributed by atoms with Crippen LogP contribution in [0.2, 0.25) is 0 Å². The van der Waals surface area contributed by atoms with E-state index < -0.39 is 5.91 Å². The van der Waals surface area contributed by atoms with Crippen LogP contribution in [0.1, 0.15) is 16.8 Å². The fraction of sp³-hybridized carbons (Fsp3) is 0.389. The van der Waals surface area contributed by atoms with Gasteiger partial charge in [0.15, 0.2) is 0 Å². The molecule has 6 atom stereocenters.